The van der Waals surface area contributed by atoms with E-state index in [1.54, 1.807) is 12.1 Å². The fourth-order valence-electron chi connectivity index (χ4n) is 2.15. The molecule has 1 heterocycles. The van der Waals surface area contributed by atoms with Gasteiger partial charge in [0, 0.05) is 24.4 Å². The van der Waals surface area contributed by atoms with E-state index >= 15 is 0 Å². The van der Waals surface area contributed by atoms with Gasteiger partial charge in [0.1, 0.15) is 5.82 Å². The molecule has 0 atom stereocenters. The van der Waals surface area contributed by atoms with Crippen LogP contribution < -0.4 is 5.73 Å². The predicted molar refractivity (Wildman–Crippen MR) is 76.1 cm³/mol. The smallest absolute Gasteiger partial charge is 0.173 e. The van der Waals surface area contributed by atoms with Crippen molar-refractivity contribution in [2.45, 2.75) is 13.0 Å². The SMILES string of the molecule is N/C(=N/O)c1cccc(CN2CCCSCC2)c1F. The van der Waals surface area contributed by atoms with Crippen molar-refractivity contribution in [2.24, 2.45) is 10.9 Å². The first kappa shape index (κ1) is 14.1. The van der Waals surface area contributed by atoms with Gasteiger partial charge in [0.2, 0.25) is 0 Å². The number of hydrogen-bond acceptors (Lipinski definition) is 4. The Bertz CT molecular complexity index is 459. The van der Waals surface area contributed by atoms with Crippen molar-refractivity contribution in [1.29, 1.82) is 0 Å². The highest BCUT2D eigenvalue weighted by molar-refractivity contribution is 7.99. The van der Waals surface area contributed by atoms with E-state index in [-0.39, 0.29) is 11.4 Å². The molecule has 104 valence electrons. The molecule has 1 aliphatic heterocycles. The molecule has 4 nitrogen and oxygen atoms in total. The van der Waals surface area contributed by atoms with Gasteiger partial charge in [-0.1, -0.05) is 17.3 Å². The Labute approximate surface area is 116 Å². The summed E-state index contributed by atoms with van der Waals surface area (Å²) in [5, 5.41) is 11.5. The maximum absolute atomic E-state index is 14.3. The van der Waals surface area contributed by atoms with Gasteiger partial charge in [-0.3, -0.25) is 4.90 Å². The van der Waals surface area contributed by atoms with Crippen LogP contribution in [0.5, 0.6) is 0 Å². The van der Waals surface area contributed by atoms with Gasteiger partial charge in [0.15, 0.2) is 5.84 Å². The van der Waals surface area contributed by atoms with Gasteiger partial charge < -0.3 is 10.9 Å². The monoisotopic (exact) mass is 283 g/mol. The molecule has 3 N–H and O–H groups in total. The van der Waals surface area contributed by atoms with Gasteiger partial charge in [-0.05, 0) is 24.8 Å². The quantitative estimate of drug-likeness (QED) is 0.385. The van der Waals surface area contributed by atoms with E-state index in [1.807, 2.05) is 11.8 Å². The first-order chi connectivity index (χ1) is 9.22. The Hall–Kier alpha value is -1.27. The van der Waals surface area contributed by atoms with Crippen molar-refractivity contribution in [3.8, 4) is 0 Å². The Morgan fingerprint density at radius 2 is 2.26 bits per heavy atom. The van der Waals surface area contributed by atoms with Gasteiger partial charge >= 0.3 is 0 Å². The second-order valence-electron chi connectivity index (χ2n) is 4.51. The minimum Gasteiger partial charge on any atom is -0.409 e. The van der Waals surface area contributed by atoms with Crippen molar-refractivity contribution in [3.05, 3.63) is 35.1 Å². The van der Waals surface area contributed by atoms with Crippen LogP contribution in [0.4, 0.5) is 4.39 Å². The molecule has 2 rings (SSSR count). The summed E-state index contributed by atoms with van der Waals surface area (Å²) < 4.78 is 14.3. The number of amidine groups is 1. The number of halogens is 1. The lowest BCUT2D eigenvalue weighted by Gasteiger charge is -2.20. The first-order valence-electron chi connectivity index (χ1n) is 6.27. The number of thioether (sulfide) groups is 1. The summed E-state index contributed by atoms with van der Waals surface area (Å²) >= 11 is 1.94. The van der Waals surface area contributed by atoms with Gasteiger partial charge in [0.25, 0.3) is 0 Å². The fourth-order valence-corrected chi connectivity index (χ4v) is 3.07. The third kappa shape index (κ3) is 3.61. The zero-order chi connectivity index (χ0) is 13.7. The van der Waals surface area contributed by atoms with Crippen molar-refractivity contribution in [2.75, 3.05) is 24.6 Å². The minimum atomic E-state index is -0.394. The average Bonchev–Trinajstić information content (AvgIpc) is 2.69. The first-order valence-corrected chi connectivity index (χ1v) is 7.43. The summed E-state index contributed by atoms with van der Waals surface area (Å²) in [6, 6.07) is 5.01. The highest BCUT2D eigenvalue weighted by atomic mass is 32.2. The van der Waals surface area contributed by atoms with E-state index in [2.05, 4.69) is 10.1 Å². The van der Waals surface area contributed by atoms with E-state index in [1.165, 1.54) is 11.8 Å². The lowest BCUT2D eigenvalue weighted by Crippen LogP contribution is -2.26. The lowest BCUT2D eigenvalue weighted by molar-refractivity contribution is 0.283. The Balaban J connectivity index is 2.15. The molecule has 0 aliphatic carbocycles. The molecule has 1 aromatic rings. The summed E-state index contributed by atoms with van der Waals surface area (Å²) in [5.41, 5.74) is 6.22. The molecule has 0 bridgehead atoms. The average molecular weight is 283 g/mol. The molecule has 1 aromatic carbocycles. The van der Waals surface area contributed by atoms with Crippen molar-refractivity contribution >= 4 is 17.6 Å². The minimum absolute atomic E-state index is 0.157. The van der Waals surface area contributed by atoms with Crippen LogP contribution in [0.25, 0.3) is 0 Å². The highest BCUT2D eigenvalue weighted by Gasteiger charge is 2.15. The predicted octanol–water partition coefficient (Wildman–Crippen LogP) is 1.86. The maximum atomic E-state index is 14.3. The molecular weight excluding hydrogens is 265 g/mol. The van der Waals surface area contributed by atoms with Crippen LogP contribution in [0, 0.1) is 5.82 Å². The lowest BCUT2D eigenvalue weighted by atomic mass is 10.1. The summed E-state index contributed by atoms with van der Waals surface area (Å²) in [6.45, 7) is 2.52. The van der Waals surface area contributed by atoms with Crippen molar-refractivity contribution < 1.29 is 9.60 Å². The van der Waals surface area contributed by atoms with Gasteiger partial charge in [-0.2, -0.15) is 11.8 Å². The van der Waals surface area contributed by atoms with E-state index in [4.69, 9.17) is 10.9 Å². The third-order valence-electron chi connectivity index (χ3n) is 3.17. The third-order valence-corrected chi connectivity index (χ3v) is 4.22. The number of rotatable bonds is 3. The van der Waals surface area contributed by atoms with Gasteiger partial charge in [-0.25, -0.2) is 4.39 Å². The molecule has 0 aromatic heterocycles. The number of oxime groups is 1. The number of benzene rings is 1. The molecule has 0 unspecified atom stereocenters. The molecule has 1 fully saturated rings. The zero-order valence-electron chi connectivity index (χ0n) is 10.7. The standard InChI is InChI=1S/C13H18FN3OS/c14-12-10(3-1-4-11(12)13(15)16-18)9-17-5-2-7-19-8-6-17/h1,3-4,18H,2,5-9H2,(H2,15,16). The van der Waals surface area contributed by atoms with Crippen LogP contribution in [-0.2, 0) is 6.54 Å². The number of hydrogen-bond donors (Lipinski definition) is 2. The highest BCUT2D eigenvalue weighted by Crippen LogP contribution is 2.17. The largest absolute Gasteiger partial charge is 0.409 e. The van der Waals surface area contributed by atoms with E-state index in [9.17, 15) is 4.39 Å². The zero-order valence-corrected chi connectivity index (χ0v) is 11.5. The molecule has 0 amide bonds. The van der Waals surface area contributed by atoms with Crippen LogP contribution in [-0.4, -0.2) is 40.5 Å². The molecule has 0 radical (unpaired) electrons. The normalized spacial score (nSPS) is 18.3. The van der Waals surface area contributed by atoms with E-state index in [0.717, 1.165) is 25.3 Å². The van der Waals surface area contributed by atoms with Crippen LogP contribution in [0.2, 0.25) is 0 Å². The molecule has 0 saturated carbocycles. The Morgan fingerprint density at radius 3 is 3.05 bits per heavy atom. The van der Waals surface area contributed by atoms with Gasteiger partial charge in [0.05, 0.1) is 5.56 Å². The Morgan fingerprint density at radius 1 is 1.42 bits per heavy atom. The molecule has 1 saturated heterocycles. The summed E-state index contributed by atoms with van der Waals surface area (Å²) in [4.78, 5) is 2.24. The molecule has 6 heteroatoms. The second kappa shape index (κ2) is 6.77. The molecular formula is C13H18FN3OS. The van der Waals surface area contributed by atoms with E-state index in [0.29, 0.717) is 12.1 Å². The number of nitrogens with two attached hydrogens (primary N) is 1. The Kier molecular flexibility index (Phi) is 5.04. The van der Waals surface area contributed by atoms with Crippen molar-refractivity contribution in [1.82, 2.24) is 4.90 Å². The van der Waals surface area contributed by atoms with Crippen LogP contribution >= 0.6 is 11.8 Å². The number of nitrogens with zero attached hydrogens (tertiary/aromatic N) is 2. The van der Waals surface area contributed by atoms with Crippen molar-refractivity contribution in [3.63, 3.8) is 0 Å². The summed E-state index contributed by atoms with van der Waals surface area (Å²) in [5.74, 6) is 1.67. The van der Waals surface area contributed by atoms with Crippen LogP contribution in [0.3, 0.4) is 0 Å². The summed E-state index contributed by atoms with van der Waals surface area (Å²) in [6.07, 6.45) is 1.13. The van der Waals surface area contributed by atoms with Crippen LogP contribution in [0.15, 0.2) is 23.4 Å². The van der Waals surface area contributed by atoms with E-state index < -0.39 is 5.82 Å². The molecule has 19 heavy (non-hydrogen) atoms. The van der Waals surface area contributed by atoms with Gasteiger partial charge in [-0.15, -0.1) is 0 Å². The topological polar surface area (TPSA) is 61.9 Å². The fraction of sp³-hybridized carbons (Fsp3) is 0.462. The molecule has 0 spiro atoms. The molecule has 1 aliphatic rings. The second-order valence-corrected chi connectivity index (χ2v) is 5.73. The summed E-state index contributed by atoms with van der Waals surface area (Å²) in [7, 11) is 0. The maximum Gasteiger partial charge on any atom is 0.173 e. The van der Waals surface area contributed by atoms with Crippen LogP contribution in [0.1, 0.15) is 17.5 Å².